The van der Waals surface area contributed by atoms with Crippen LogP contribution in [0.25, 0.3) is 0 Å². The van der Waals surface area contributed by atoms with E-state index in [1.54, 1.807) is 0 Å². The van der Waals surface area contributed by atoms with Crippen LogP contribution in [0.1, 0.15) is 26.2 Å². The van der Waals surface area contributed by atoms with Crippen LogP contribution in [0.4, 0.5) is 0 Å². The molecule has 4 heteroatoms. The molecule has 2 aliphatic heterocycles. The van der Waals surface area contributed by atoms with Gasteiger partial charge in [-0.25, -0.2) is 0 Å². The highest BCUT2D eigenvalue weighted by atomic mass is 16.6. The summed E-state index contributed by atoms with van der Waals surface area (Å²) in [6, 6.07) is -0.291. The van der Waals surface area contributed by atoms with Crippen LogP contribution in [0.2, 0.25) is 0 Å². The molecule has 0 unspecified atom stereocenters. The third kappa shape index (κ3) is 1.25. The third-order valence-electron chi connectivity index (χ3n) is 3.38. The van der Waals surface area contributed by atoms with Gasteiger partial charge in [0.15, 0.2) is 6.04 Å². The first-order chi connectivity index (χ1) is 6.14. The van der Waals surface area contributed by atoms with E-state index in [1.165, 1.54) is 0 Å². The van der Waals surface area contributed by atoms with Gasteiger partial charge in [-0.2, -0.15) is 0 Å². The minimum absolute atomic E-state index is 0.0306. The second-order valence-electron chi connectivity index (χ2n) is 4.18. The van der Waals surface area contributed by atoms with Gasteiger partial charge < -0.3 is 15.2 Å². The first-order valence-electron chi connectivity index (χ1n) is 5.01. The Balaban J connectivity index is 2.24. The molecule has 0 aliphatic carbocycles. The maximum Gasteiger partial charge on any atom is 0.278 e. The predicted octanol–water partition coefficient (Wildman–Crippen LogP) is 0.372. The summed E-state index contributed by atoms with van der Waals surface area (Å²) in [5, 5.41) is 15.1. The second kappa shape index (κ2) is 2.96. The van der Waals surface area contributed by atoms with Crippen molar-refractivity contribution >= 4 is 5.91 Å². The summed E-state index contributed by atoms with van der Waals surface area (Å²) >= 11 is 0. The maximum atomic E-state index is 12.3. The zero-order valence-corrected chi connectivity index (χ0v) is 7.95. The smallest absolute Gasteiger partial charge is 0.278 e. The number of rotatable bonds is 0. The fourth-order valence-corrected chi connectivity index (χ4v) is 2.45. The molecule has 0 spiro atoms. The number of hydrogen-bond acceptors (Lipinski definition) is 2. The summed E-state index contributed by atoms with van der Waals surface area (Å²) in [5.41, 5.74) is 0. The van der Waals surface area contributed by atoms with Crippen molar-refractivity contribution in [3.8, 4) is 0 Å². The van der Waals surface area contributed by atoms with Crippen LogP contribution in [0.15, 0.2) is 0 Å². The van der Waals surface area contributed by atoms with Gasteiger partial charge in [-0.3, -0.25) is 4.79 Å². The van der Waals surface area contributed by atoms with Gasteiger partial charge in [-0.1, -0.05) is 0 Å². The van der Waals surface area contributed by atoms with E-state index in [2.05, 4.69) is 5.32 Å². The standard InChI is InChI=1S/C9H16N2O2/c1-7-6-10-9(12)8-4-2-3-5-11(7,8)13/h7-8H,2-6H2,1H3,(H,10,12)/t7-,8-,11-/m1/s1. The lowest BCUT2D eigenvalue weighted by Crippen LogP contribution is -2.70. The van der Waals surface area contributed by atoms with Crippen LogP contribution in [-0.2, 0) is 4.79 Å². The maximum absolute atomic E-state index is 12.3. The molecule has 2 fully saturated rings. The number of nitrogens with one attached hydrogen (secondary N) is 1. The van der Waals surface area contributed by atoms with E-state index in [4.69, 9.17) is 0 Å². The minimum Gasteiger partial charge on any atom is -0.632 e. The molecule has 2 rings (SSSR count). The Morgan fingerprint density at radius 1 is 1.54 bits per heavy atom. The van der Waals surface area contributed by atoms with Crippen molar-refractivity contribution in [2.45, 2.75) is 38.3 Å². The highest BCUT2D eigenvalue weighted by Crippen LogP contribution is 2.30. The number of carbonyl (C=O) groups excluding carboxylic acids is 1. The summed E-state index contributed by atoms with van der Waals surface area (Å²) in [5.74, 6) is -0.0344. The minimum atomic E-state index is -0.322. The molecule has 2 saturated heterocycles. The highest BCUT2D eigenvalue weighted by Gasteiger charge is 2.44. The van der Waals surface area contributed by atoms with Crippen molar-refractivity contribution in [2.24, 2.45) is 0 Å². The molecule has 0 aromatic rings. The van der Waals surface area contributed by atoms with Gasteiger partial charge in [0.2, 0.25) is 0 Å². The van der Waals surface area contributed by atoms with E-state index in [0.29, 0.717) is 13.1 Å². The highest BCUT2D eigenvalue weighted by molar-refractivity contribution is 5.81. The normalized spacial score (nSPS) is 45.2. The SMILES string of the molecule is C[C@@H]1CNC(=O)[C@H]2CCCC[N@@+]12[O-]. The van der Waals surface area contributed by atoms with Gasteiger partial charge in [0, 0.05) is 6.42 Å². The molecule has 0 bridgehead atoms. The number of piperidine rings is 1. The Labute approximate surface area is 78.1 Å². The lowest BCUT2D eigenvalue weighted by Gasteiger charge is -2.56. The number of fused-ring (bicyclic) bond motifs is 1. The van der Waals surface area contributed by atoms with Gasteiger partial charge >= 0.3 is 0 Å². The molecule has 0 aromatic heterocycles. The molecule has 1 amide bonds. The summed E-state index contributed by atoms with van der Waals surface area (Å²) in [4.78, 5) is 11.5. The van der Waals surface area contributed by atoms with Crippen LogP contribution >= 0.6 is 0 Å². The lowest BCUT2D eigenvalue weighted by atomic mass is 9.96. The molecular weight excluding hydrogens is 168 g/mol. The van der Waals surface area contributed by atoms with Crippen molar-refractivity contribution in [1.82, 2.24) is 5.32 Å². The van der Waals surface area contributed by atoms with Gasteiger partial charge in [0.25, 0.3) is 5.91 Å². The second-order valence-corrected chi connectivity index (χ2v) is 4.18. The van der Waals surface area contributed by atoms with Crippen LogP contribution in [0.3, 0.4) is 0 Å². The van der Waals surface area contributed by atoms with Gasteiger partial charge in [0.05, 0.1) is 13.1 Å². The quantitative estimate of drug-likeness (QED) is 0.437. The molecule has 0 saturated carbocycles. The average molecular weight is 184 g/mol. The molecule has 1 N–H and O–H groups in total. The monoisotopic (exact) mass is 184 g/mol. The number of nitrogens with zero attached hydrogens (tertiary/aromatic N) is 1. The number of hydroxylamine groups is 3. The predicted molar refractivity (Wildman–Crippen MR) is 48.6 cm³/mol. The molecule has 2 aliphatic rings. The zero-order valence-electron chi connectivity index (χ0n) is 7.95. The third-order valence-corrected chi connectivity index (χ3v) is 3.38. The molecule has 74 valence electrons. The molecule has 3 atom stereocenters. The van der Waals surface area contributed by atoms with E-state index in [-0.39, 0.29) is 22.6 Å². The number of piperazine rings is 1. The van der Waals surface area contributed by atoms with E-state index in [1.807, 2.05) is 6.92 Å². The molecule has 0 aromatic carbocycles. The van der Waals surface area contributed by atoms with Crippen molar-refractivity contribution in [3.05, 3.63) is 5.21 Å². The van der Waals surface area contributed by atoms with Crippen LogP contribution in [0.5, 0.6) is 0 Å². The summed E-state index contributed by atoms with van der Waals surface area (Å²) in [6.45, 7) is 3.10. The lowest BCUT2D eigenvalue weighted by molar-refractivity contribution is -0.924. The van der Waals surface area contributed by atoms with Crippen molar-refractivity contribution in [3.63, 3.8) is 0 Å². The van der Waals surface area contributed by atoms with Crippen molar-refractivity contribution < 1.29 is 9.44 Å². The molecular formula is C9H16N2O2. The molecule has 13 heavy (non-hydrogen) atoms. The fraction of sp³-hybridized carbons (Fsp3) is 0.889. The first-order valence-corrected chi connectivity index (χ1v) is 5.01. The van der Waals surface area contributed by atoms with Gasteiger partial charge in [-0.05, 0) is 19.8 Å². The van der Waals surface area contributed by atoms with E-state index in [0.717, 1.165) is 19.3 Å². The number of amides is 1. The van der Waals surface area contributed by atoms with E-state index in [9.17, 15) is 10.0 Å². The largest absolute Gasteiger partial charge is 0.632 e. The van der Waals surface area contributed by atoms with Gasteiger partial charge in [-0.15, -0.1) is 0 Å². The first kappa shape index (κ1) is 8.97. The van der Waals surface area contributed by atoms with Crippen LogP contribution in [0, 0.1) is 5.21 Å². The molecule has 0 radical (unpaired) electrons. The van der Waals surface area contributed by atoms with Crippen molar-refractivity contribution in [1.29, 1.82) is 0 Å². The summed E-state index contributed by atoms with van der Waals surface area (Å²) in [6.07, 6.45) is 2.75. The van der Waals surface area contributed by atoms with E-state index >= 15 is 0 Å². The van der Waals surface area contributed by atoms with Gasteiger partial charge in [0.1, 0.15) is 6.04 Å². The van der Waals surface area contributed by atoms with Crippen LogP contribution < -0.4 is 5.32 Å². The Hall–Kier alpha value is -0.610. The summed E-state index contributed by atoms with van der Waals surface area (Å²) < 4.78 is -0.272. The fourth-order valence-electron chi connectivity index (χ4n) is 2.45. The molecule has 2 heterocycles. The average Bonchev–Trinajstić information content (AvgIpc) is 2.12. The Kier molecular flexibility index (Phi) is 2.04. The number of hydrogen-bond donors (Lipinski definition) is 1. The van der Waals surface area contributed by atoms with E-state index < -0.39 is 0 Å². The molecule has 4 nitrogen and oxygen atoms in total. The van der Waals surface area contributed by atoms with Crippen LogP contribution in [-0.4, -0.2) is 35.7 Å². The Bertz CT molecular complexity index is 232. The number of carbonyl (C=O) groups is 1. The topological polar surface area (TPSA) is 52.2 Å². The summed E-state index contributed by atoms with van der Waals surface area (Å²) in [7, 11) is 0. The van der Waals surface area contributed by atoms with Crippen molar-refractivity contribution in [2.75, 3.05) is 13.1 Å². The zero-order chi connectivity index (χ0) is 9.47. The Morgan fingerprint density at radius 3 is 3.00 bits per heavy atom. The Morgan fingerprint density at radius 2 is 2.31 bits per heavy atom. The number of quaternary nitrogens is 1.